The van der Waals surface area contributed by atoms with Crippen LogP contribution in [0.1, 0.15) is 15.9 Å². The van der Waals surface area contributed by atoms with E-state index >= 15 is 0 Å². The first-order valence-corrected chi connectivity index (χ1v) is 4.78. The molecule has 1 aromatic carbocycles. The lowest BCUT2D eigenvalue weighted by Crippen LogP contribution is -2.82. The second-order valence-corrected chi connectivity index (χ2v) is 3.26. The number of hydrogen-bond acceptors (Lipinski definition) is 2. The van der Waals surface area contributed by atoms with Crippen molar-refractivity contribution >= 4 is 18.1 Å². The number of rotatable bonds is 5. The lowest BCUT2D eigenvalue weighted by atomic mass is 10.0. The first-order valence-electron chi connectivity index (χ1n) is 4.78. The van der Waals surface area contributed by atoms with Gasteiger partial charge in [-0.25, -0.2) is 8.78 Å². The number of carbonyl (C=O) groups is 1. The molecule has 3 nitrogen and oxygen atoms in total. The Morgan fingerprint density at radius 2 is 1.83 bits per heavy atom. The fourth-order valence-electron chi connectivity index (χ4n) is 1.27. The van der Waals surface area contributed by atoms with Gasteiger partial charge in [0.25, 0.3) is 0 Å². The van der Waals surface area contributed by atoms with Gasteiger partial charge in [0.1, 0.15) is 17.8 Å². The molecule has 0 aliphatic heterocycles. The molecular weight excluding hydrogens is 252 g/mol. The van der Waals surface area contributed by atoms with Crippen molar-refractivity contribution in [1.29, 1.82) is 5.41 Å². The van der Waals surface area contributed by atoms with Crippen molar-refractivity contribution in [3.05, 3.63) is 41.1 Å². The van der Waals surface area contributed by atoms with Gasteiger partial charge in [0.05, 0.1) is 11.1 Å². The lowest BCUT2D eigenvalue weighted by molar-refractivity contribution is -0.680. The van der Waals surface area contributed by atoms with E-state index in [9.17, 15) is 22.4 Å². The molecule has 0 unspecified atom stereocenters. The molecule has 0 bridgehead atoms. The Kier molecular flexibility index (Phi) is 4.73. The minimum Gasteiger partial charge on any atom is -0.308 e. The van der Waals surface area contributed by atoms with Crippen LogP contribution < -0.4 is 5.32 Å². The summed E-state index contributed by atoms with van der Waals surface area (Å²) >= 11 is 0. The minimum atomic E-state index is -2.73. The summed E-state index contributed by atoms with van der Waals surface area (Å²) in [5.41, 5.74) is -0.922. The molecule has 3 N–H and O–H groups in total. The van der Waals surface area contributed by atoms with E-state index in [2.05, 4.69) is 0 Å². The van der Waals surface area contributed by atoms with Crippen molar-refractivity contribution in [3.8, 4) is 0 Å². The highest BCUT2D eigenvalue weighted by Crippen LogP contribution is 2.18. The van der Waals surface area contributed by atoms with E-state index in [0.717, 1.165) is 18.3 Å². The smallest absolute Gasteiger partial charge is 0.308 e. The molecule has 0 aliphatic rings. The lowest BCUT2D eigenvalue weighted by Gasteiger charge is -2.04. The van der Waals surface area contributed by atoms with E-state index in [4.69, 9.17) is 5.41 Å². The second-order valence-electron chi connectivity index (χ2n) is 3.26. The van der Waals surface area contributed by atoms with Crippen molar-refractivity contribution in [1.82, 2.24) is 0 Å². The summed E-state index contributed by atoms with van der Waals surface area (Å²) in [4.78, 5) is 10.4. The fourth-order valence-corrected chi connectivity index (χ4v) is 1.27. The Morgan fingerprint density at radius 3 is 2.22 bits per heavy atom. The number of allylic oxidation sites excluding steroid dienone is 1. The third-order valence-electron chi connectivity index (χ3n) is 2.11. The molecule has 0 amide bonds. The summed E-state index contributed by atoms with van der Waals surface area (Å²) in [7, 11) is 0. The molecule has 7 heteroatoms. The number of nitrogens with two attached hydrogens (primary N) is 1. The normalized spacial score (nSPS) is 11.7. The van der Waals surface area contributed by atoms with Gasteiger partial charge in [-0.3, -0.25) is 10.1 Å². The van der Waals surface area contributed by atoms with E-state index in [1.807, 2.05) is 0 Å². The molecule has 0 fully saturated rings. The fraction of sp³-hybridized carbons (Fsp3) is 0.0909. The highest BCUT2D eigenvalue weighted by molar-refractivity contribution is 6.07. The maximum atomic E-state index is 13.3. The summed E-state index contributed by atoms with van der Waals surface area (Å²) in [6.45, 7) is -2.73. The topological polar surface area (TPSA) is 57.5 Å². The van der Waals surface area contributed by atoms with Gasteiger partial charge in [-0.05, 0) is 17.7 Å². The average Bonchev–Trinajstić information content (AvgIpc) is 2.29. The zero-order valence-corrected chi connectivity index (χ0v) is 8.96. The number of nitrogens with one attached hydrogen (secondary N) is 1. The number of alkyl halides is 2. The van der Waals surface area contributed by atoms with Crippen LogP contribution in [0, 0.1) is 17.0 Å². The molecule has 0 aromatic heterocycles. The minimum absolute atomic E-state index is 0.0214. The van der Waals surface area contributed by atoms with Crippen LogP contribution in [0.3, 0.4) is 0 Å². The van der Waals surface area contributed by atoms with Crippen LogP contribution >= 0.6 is 0 Å². The Hall–Kier alpha value is -2.02. The van der Waals surface area contributed by atoms with Crippen LogP contribution in [-0.2, 0) is 0 Å². The highest BCUT2D eigenvalue weighted by atomic mass is 19.3. The summed E-state index contributed by atoms with van der Waals surface area (Å²) in [6.07, 6.45) is 1.59. The van der Waals surface area contributed by atoms with Crippen LogP contribution in [0.15, 0.2) is 18.3 Å². The van der Waals surface area contributed by atoms with Gasteiger partial charge in [-0.15, -0.1) is 0 Å². The number of hydrogen-bond donors (Lipinski definition) is 2. The molecule has 0 heterocycles. The van der Waals surface area contributed by atoms with E-state index in [1.54, 1.807) is 0 Å². The largest absolute Gasteiger partial charge is 0.382 e. The average molecular weight is 261 g/mol. The van der Waals surface area contributed by atoms with E-state index in [1.165, 1.54) is 0 Å². The molecule has 0 saturated carbocycles. The Labute approximate surface area is 99.6 Å². The van der Waals surface area contributed by atoms with Gasteiger partial charge in [-0.1, -0.05) is 0 Å². The predicted molar refractivity (Wildman–Crippen MR) is 56.4 cm³/mol. The third-order valence-corrected chi connectivity index (χ3v) is 2.11. The quantitative estimate of drug-likeness (QED) is 0.359. The molecule has 0 spiro atoms. The third kappa shape index (κ3) is 3.24. The molecule has 96 valence electrons. The van der Waals surface area contributed by atoms with Crippen molar-refractivity contribution in [2.45, 2.75) is 6.55 Å². The maximum Gasteiger partial charge on any atom is 0.382 e. The van der Waals surface area contributed by atoms with Gasteiger partial charge in [0.2, 0.25) is 0 Å². The monoisotopic (exact) mass is 261 g/mol. The first kappa shape index (κ1) is 14.0. The summed E-state index contributed by atoms with van der Waals surface area (Å²) < 4.78 is 50.5. The van der Waals surface area contributed by atoms with Gasteiger partial charge in [0, 0.05) is 6.21 Å². The van der Waals surface area contributed by atoms with Crippen LogP contribution in [-0.4, -0.2) is 19.1 Å². The Balaban J connectivity index is 3.19. The molecule has 0 saturated heterocycles. The molecule has 0 radical (unpaired) electrons. The van der Waals surface area contributed by atoms with Gasteiger partial charge < -0.3 is 5.41 Å². The number of carbonyl (C=O) groups excluding carboxylic acids is 1. The Morgan fingerprint density at radius 1 is 1.28 bits per heavy atom. The molecule has 18 heavy (non-hydrogen) atoms. The van der Waals surface area contributed by atoms with Crippen molar-refractivity contribution in [3.63, 3.8) is 0 Å². The van der Waals surface area contributed by atoms with Gasteiger partial charge in [-0.2, -0.15) is 8.78 Å². The molecular formula is C11H9F4N2O+. The first-order chi connectivity index (χ1) is 8.49. The van der Waals surface area contributed by atoms with Crippen LogP contribution in [0.2, 0.25) is 0 Å². The van der Waals surface area contributed by atoms with Crippen LogP contribution in [0.4, 0.5) is 17.6 Å². The Bertz CT molecular complexity index is 477. The molecule has 0 atom stereocenters. The van der Waals surface area contributed by atoms with Gasteiger partial charge in [0.15, 0.2) is 6.29 Å². The predicted octanol–water partition coefficient (Wildman–Crippen LogP) is 1.55. The SMILES string of the molecule is N=C/C(=C\[NH2+]C(F)F)c1cc(F)c(C=O)c(F)c1. The number of halogens is 4. The van der Waals surface area contributed by atoms with E-state index in [-0.39, 0.29) is 17.4 Å². The maximum absolute atomic E-state index is 13.3. The van der Waals surface area contributed by atoms with Crippen LogP contribution in [0.25, 0.3) is 5.57 Å². The van der Waals surface area contributed by atoms with E-state index < -0.39 is 23.7 Å². The molecule has 1 aromatic rings. The zero-order chi connectivity index (χ0) is 13.7. The highest BCUT2D eigenvalue weighted by Gasteiger charge is 2.13. The number of quaternary nitrogens is 1. The zero-order valence-electron chi connectivity index (χ0n) is 8.96. The van der Waals surface area contributed by atoms with Crippen molar-refractivity contribution < 1.29 is 27.7 Å². The standard InChI is InChI=1S/C11H8F4N2O/c12-9-1-6(2-10(13)8(9)5-18)7(3-16)4-17-11(14)15/h1-5,11,16-17H/p+1/b7-4+,16-3?. The summed E-state index contributed by atoms with van der Waals surface area (Å²) in [5, 5.41) is 7.50. The second kappa shape index (κ2) is 6.06. The van der Waals surface area contributed by atoms with Crippen LogP contribution in [0.5, 0.6) is 0 Å². The summed E-state index contributed by atoms with van der Waals surface area (Å²) in [5.74, 6) is -2.21. The number of benzene rings is 1. The molecule has 0 aliphatic carbocycles. The molecule has 1 rings (SSSR count). The summed E-state index contributed by atoms with van der Waals surface area (Å²) in [6, 6.07) is 1.62. The van der Waals surface area contributed by atoms with Crippen molar-refractivity contribution in [2.75, 3.05) is 0 Å². The van der Waals surface area contributed by atoms with E-state index in [0.29, 0.717) is 11.5 Å². The van der Waals surface area contributed by atoms with Gasteiger partial charge >= 0.3 is 6.55 Å². The van der Waals surface area contributed by atoms with Crippen molar-refractivity contribution in [2.24, 2.45) is 0 Å². The number of aldehydes is 1.